The van der Waals surface area contributed by atoms with Crippen molar-refractivity contribution in [3.05, 3.63) is 59.9 Å². The maximum Gasteiger partial charge on any atom is 0.430 e. The molecule has 0 atom stereocenters. The summed E-state index contributed by atoms with van der Waals surface area (Å²) in [7, 11) is 1.63. The SMILES string of the molecule is COc1cccc(C2=NOC3(CCN(OC(=O)Nc4cccc(F)c4)CC3)C2)c1. The van der Waals surface area contributed by atoms with E-state index in [-0.39, 0.29) is 5.60 Å². The highest BCUT2D eigenvalue weighted by atomic mass is 19.1. The van der Waals surface area contributed by atoms with Crippen LogP contribution < -0.4 is 10.1 Å². The Hall–Kier alpha value is -3.13. The summed E-state index contributed by atoms with van der Waals surface area (Å²) in [5.41, 5.74) is 1.84. The van der Waals surface area contributed by atoms with Crippen molar-refractivity contribution >= 4 is 17.5 Å². The van der Waals surface area contributed by atoms with Crippen LogP contribution in [-0.4, -0.2) is 42.7 Å². The maximum absolute atomic E-state index is 13.2. The summed E-state index contributed by atoms with van der Waals surface area (Å²) in [6.07, 6.45) is 1.41. The van der Waals surface area contributed by atoms with Gasteiger partial charge in [-0.15, -0.1) is 5.06 Å². The van der Waals surface area contributed by atoms with Crippen LogP contribution in [-0.2, 0) is 9.68 Å². The lowest BCUT2D eigenvalue weighted by molar-refractivity contribution is -0.154. The number of anilines is 1. The van der Waals surface area contributed by atoms with E-state index < -0.39 is 11.9 Å². The predicted octanol–water partition coefficient (Wildman–Crippen LogP) is 3.96. The Morgan fingerprint density at radius 3 is 2.76 bits per heavy atom. The van der Waals surface area contributed by atoms with Gasteiger partial charge in [-0.2, -0.15) is 0 Å². The molecule has 2 aromatic carbocycles. The van der Waals surface area contributed by atoms with E-state index in [4.69, 9.17) is 14.4 Å². The van der Waals surface area contributed by atoms with E-state index in [1.54, 1.807) is 18.2 Å². The molecule has 29 heavy (non-hydrogen) atoms. The highest BCUT2D eigenvalue weighted by Crippen LogP contribution is 2.36. The molecule has 0 aromatic heterocycles. The number of hydrogen-bond acceptors (Lipinski definition) is 6. The Bertz CT molecular complexity index is 926. The first-order chi connectivity index (χ1) is 14.0. The van der Waals surface area contributed by atoms with E-state index in [9.17, 15) is 9.18 Å². The van der Waals surface area contributed by atoms with Crippen LogP contribution in [0.5, 0.6) is 5.75 Å². The number of oxime groups is 1. The number of ether oxygens (including phenoxy) is 1. The van der Waals surface area contributed by atoms with Crippen LogP contribution in [0.4, 0.5) is 14.9 Å². The summed E-state index contributed by atoms with van der Waals surface area (Å²) < 4.78 is 18.5. The van der Waals surface area contributed by atoms with Gasteiger partial charge in [0, 0.05) is 43.6 Å². The van der Waals surface area contributed by atoms with Crippen LogP contribution in [0.1, 0.15) is 24.8 Å². The highest BCUT2D eigenvalue weighted by molar-refractivity contribution is 6.02. The number of nitrogens with zero attached hydrogens (tertiary/aromatic N) is 2. The second kappa shape index (κ2) is 8.08. The lowest BCUT2D eigenvalue weighted by Gasteiger charge is -2.35. The van der Waals surface area contributed by atoms with Gasteiger partial charge in [0.05, 0.1) is 12.8 Å². The number of carbonyl (C=O) groups excluding carboxylic acids is 1. The molecule has 2 aliphatic rings. The predicted molar refractivity (Wildman–Crippen MR) is 105 cm³/mol. The Morgan fingerprint density at radius 2 is 2.00 bits per heavy atom. The van der Waals surface area contributed by atoms with Crippen LogP contribution >= 0.6 is 0 Å². The molecule has 7 nitrogen and oxygen atoms in total. The number of hydroxylamine groups is 2. The zero-order valence-corrected chi connectivity index (χ0v) is 16.1. The maximum atomic E-state index is 13.2. The van der Waals surface area contributed by atoms with Crippen LogP contribution in [0.3, 0.4) is 0 Å². The van der Waals surface area contributed by atoms with Crippen molar-refractivity contribution in [3.63, 3.8) is 0 Å². The molecule has 0 unspecified atom stereocenters. The highest BCUT2D eigenvalue weighted by Gasteiger charge is 2.43. The van der Waals surface area contributed by atoms with Gasteiger partial charge in [-0.1, -0.05) is 23.4 Å². The third-order valence-corrected chi connectivity index (χ3v) is 5.16. The topological polar surface area (TPSA) is 72.4 Å². The third kappa shape index (κ3) is 4.48. The van der Waals surface area contributed by atoms with E-state index in [0.717, 1.165) is 17.0 Å². The average Bonchev–Trinajstić information content (AvgIpc) is 3.14. The van der Waals surface area contributed by atoms with Gasteiger partial charge in [0.2, 0.25) is 0 Å². The second-order valence-electron chi connectivity index (χ2n) is 7.16. The van der Waals surface area contributed by atoms with Gasteiger partial charge < -0.3 is 14.4 Å². The van der Waals surface area contributed by atoms with Gasteiger partial charge in [0.1, 0.15) is 17.2 Å². The van der Waals surface area contributed by atoms with Gasteiger partial charge in [-0.25, -0.2) is 9.18 Å². The quantitative estimate of drug-likeness (QED) is 0.843. The molecule has 2 heterocycles. The Morgan fingerprint density at radius 1 is 1.21 bits per heavy atom. The Balaban J connectivity index is 1.29. The van der Waals surface area contributed by atoms with Gasteiger partial charge in [-0.05, 0) is 30.3 Å². The summed E-state index contributed by atoms with van der Waals surface area (Å²) in [6, 6.07) is 13.4. The van der Waals surface area contributed by atoms with Gasteiger partial charge in [0.25, 0.3) is 0 Å². The van der Waals surface area contributed by atoms with Crippen molar-refractivity contribution in [3.8, 4) is 5.75 Å². The van der Waals surface area contributed by atoms with E-state index >= 15 is 0 Å². The molecule has 8 heteroatoms. The number of amides is 1. The van der Waals surface area contributed by atoms with Crippen molar-refractivity contribution in [2.75, 3.05) is 25.5 Å². The molecule has 0 radical (unpaired) electrons. The molecule has 152 valence electrons. The largest absolute Gasteiger partial charge is 0.497 e. The minimum atomic E-state index is -0.646. The van der Waals surface area contributed by atoms with Gasteiger partial charge in [-0.3, -0.25) is 5.32 Å². The third-order valence-electron chi connectivity index (χ3n) is 5.16. The molecular weight excluding hydrogens is 377 g/mol. The summed E-state index contributed by atoms with van der Waals surface area (Å²) >= 11 is 0. The molecule has 2 aliphatic heterocycles. The van der Waals surface area contributed by atoms with Crippen molar-refractivity contribution in [1.82, 2.24) is 5.06 Å². The molecular formula is C21H22FN3O4. The zero-order chi connectivity index (χ0) is 20.3. The van der Waals surface area contributed by atoms with E-state index in [1.165, 1.54) is 18.2 Å². The van der Waals surface area contributed by atoms with Crippen LogP contribution in [0.15, 0.2) is 53.7 Å². The second-order valence-corrected chi connectivity index (χ2v) is 7.16. The summed E-state index contributed by atoms with van der Waals surface area (Å²) in [5.74, 6) is 0.353. The van der Waals surface area contributed by atoms with Crippen molar-refractivity contribution in [1.29, 1.82) is 0 Å². The Kier molecular flexibility index (Phi) is 5.35. The van der Waals surface area contributed by atoms with Crippen LogP contribution in [0.25, 0.3) is 0 Å². The van der Waals surface area contributed by atoms with Crippen LogP contribution in [0.2, 0.25) is 0 Å². The fourth-order valence-corrected chi connectivity index (χ4v) is 3.56. The summed E-state index contributed by atoms with van der Waals surface area (Å²) in [4.78, 5) is 23.2. The van der Waals surface area contributed by atoms with Crippen molar-refractivity contribution in [2.24, 2.45) is 5.16 Å². The van der Waals surface area contributed by atoms with Crippen molar-refractivity contribution in [2.45, 2.75) is 24.9 Å². The van der Waals surface area contributed by atoms with Gasteiger partial charge in [0.15, 0.2) is 0 Å². The van der Waals surface area contributed by atoms with Crippen molar-refractivity contribution < 1.29 is 23.6 Å². The number of halogens is 1. The van der Waals surface area contributed by atoms with E-state index in [2.05, 4.69) is 10.5 Å². The molecule has 0 aliphatic carbocycles. The fraction of sp³-hybridized carbons (Fsp3) is 0.333. The number of carbonyl (C=O) groups is 1. The summed E-state index contributed by atoms with van der Waals surface area (Å²) in [6.45, 7) is 1.05. The molecule has 0 saturated carbocycles. The number of nitrogens with one attached hydrogen (secondary N) is 1. The molecule has 0 bridgehead atoms. The lowest BCUT2D eigenvalue weighted by Crippen LogP contribution is -2.45. The minimum absolute atomic E-state index is 0.346. The van der Waals surface area contributed by atoms with E-state index in [1.807, 2.05) is 24.3 Å². The molecule has 1 N–H and O–H groups in total. The van der Waals surface area contributed by atoms with Crippen LogP contribution in [0, 0.1) is 5.82 Å². The lowest BCUT2D eigenvalue weighted by atomic mass is 9.86. The monoisotopic (exact) mass is 399 g/mol. The first-order valence-corrected chi connectivity index (χ1v) is 9.44. The molecule has 1 spiro atoms. The molecule has 2 aromatic rings. The molecule has 1 fully saturated rings. The minimum Gasteiger partial charge on any atom is -0.497 e. The zero-order valence-electron chi connectivity index (χ0n) is 16.1. The smallest absolute Gasteiger partial charge is 0.430 e. The first kappa shape index (κ1) is 19.2. The first-order valence-electron chi connectivity index (χ1n) is 9.44. The fourth-order valence-electron chi connectivity index (χ4n) is 3.56. The molecule has 4 rings (SSSR count). The Labute approximate surface area is 168 Å². The average molecular weight is 399 g/mol. The number of rotatable bonds is 4. The van der Waals surface area contributed by atoms with E-state index in [0.29, 0.717) is 38.0 Å². The number of benzene rings is 2. The number of hydrogen-bond donors (Lipinski definition) is 1. The number of piperidine rings is 1. The standard InChI is InChI=1S/C21H22FN3O4/c1-27-18-7-2-4-15(12-18)19-14-21(29-24-19)8-10-25(11-9-21)28-20(26)23-17-6-3-5-16(22)13-17/h2-7,12-13H,8-11,14H2,1H3,(H,23,26). The number of methoxy groups -OCH3 is 1. The summed E-state index contributed by atoms with van der Waals surface area (Å²) in [5, 5.41) is 8.41. The normalized spacial score (nSPS) is 18.1. The van der Waals surface area contributed by atoms with Gasteiger partial charge >= 0.3 is 6.09 Å². The molecule has 1 amide bonds. The molecule has 1 saturated heterocycles.